The van der Waals surface area contributed by atoms with Gasteiger partial charge in [0.15, 0.2) is 0 Å². The predicted octanol–water partition coefficient (Wildman–Crippen LogP) is 9.04. The van der Waals surface area contributed by atoms with Crippen molar-refractivity contribution in [3.05, 3.63) is 47.5 Å². The molecule has 3 saturated carbocycles. The van der Waals surface area contributed by atoms with Crippen LogP contribution in [0.15, 0.2) is 42.0 Å². The van der Waals surface area contributed by atoms with Crippen molar-refractivity contribution in [1.29, 1.82) is 0 Å². The lowest BCUT2D eigenvalue weighted by Crippen LogP contribution is -2.52. The molecule has 0 saturated heterocycles. The first kappa shape index (κ1) is 36.1. The summed E-state index contributed by atoms with van der Waals surface area (Å²) in [5.74, 6) is 4.53. The Morgan fingerprint density at radius 3 is 2.38 bits per heavy atom. The van der Waals surface area contributed by atoms with Crippen LogP contribution in [0.4, 0.5) is 0 Å². The van der Waals surface area contributed by atoms with E-state index in [4.69, 9.17) is 10.5 Å². The molecule has 0 bridgehead atoms. The number of allylic oxidation sites excluding steroid dienone is 1. The molecule has 5 rings (SSSR count). The fourth-order valence-electron chi connectivity index (χ4n) is 10.9. The number of fused-ring (bicyclic) bond motifs is 5. The Hall–Kier alpha value is -2.14. The first-order chi connectivity index (χ1) is 22.3. The van der Waals surface area contributed by atoms with Crippen molar-refractivity contribution in [2.24, 2.45) is 58.0 Å². The molecule has 0 heterocycles. The lowest BCUT2D eigenvalue weighted by molar-refractivity contribution is -0.156. The van der Waals surface area contributed by atoms with Crippen LogP contribution in [0, 0.1) is 52.3 Å². The average Bonchev–Trinajstić information content (AvgIpc) is 3.38. The van der Waals surface area contributed by atoms with Gasteiger partial charge in [-0.15, -0.1) is 0 Å². The summed E-state index contributed by atoms with van der Waals surface area (Å²) in [7, 11) is 0. The molecule has 0 aliphatic heterocycles. The molecular weight excluding hydrogens is 580 g/mol. The molecule has 1 aromatic rings. The molecule has 0 radical (unpaired) electrons. The number of nitrogens with two attached hydrogens (primary N) is 1. The van der Waals surface area contributed by atoms with E-state index in [-0.39, 0.29) is 29.3 Å². The van der Waals surface area contributed by atoms with Crippen molar-refractivity contribution < 1.29 is 14.3 Å². The molecule has 1 amide bonds. The van der Waals surface area contributed by atoms with Gasteiger partial charge >= 0.3 is 5.97 Å². The number of amides is 1. The Kier molecular flexibility index (Phi) is 11.7. The van der Waals surface area contributed by atoms with Gasteiger partial charge in [0.2, 0.25) is 5.91 Å². The number of hydrogen-bond acceptors (Lipinski definition) is 4. The van der Waals surface area contributed by atoms with E-state index < -0.39 is 12.1 Å². The fourth-order valence-corrected chi connectivity index (χ4v) is 10.9. The molecule has 47 heavy (non-hydrogen) atoms. The highest BCUT2D eigenvalue weighted by molar-refractivity contribution is 5.87. The zero-order valence-electron chi connectivity index (χ0n) is 30.7. The van der Waals surface area contributed by atoms with Gasteiger partial charge in [0.25, 0.3) is 0 Å². The van der Waals surface area contributed by atoms with Gasteiger partial charge in [0, 0.05) is 6.42 Å². The quantitative estimate of drug-likeness (QED) is 0.166. The third-order valence-electron chi connectivity index (χ3n) is 13.5. The Balaban J connectivity index is 1.20. The van der Waals surface area contributed by atoms with Crippen molar-refractivity contribution >= 4 is 11.9 Å². The third kappa shape index (κ3) is 8.03. The monoisotopic (exact) mass is 647 g/mol. The van der Waals surface area contributed by atoms with Crippen LogP contribution in [-0.2, 0) is 20.7 Å². The van der Waals surface area contributed by atoms with Crippen LogP contribution in [0.5, 0.6) is 0 Å². The van der Waals surface area contributed by atoms with Gasteiger partial charge in [-0.3, -0.25) is 4.79 Å². The lowest BCUT2D eigenvalue weighted by atomic mass is 9.47. The zero-order chi connectivity index (χ0) is 33.9. The second-order valence-corrected chi connectivity index (χ2v) is 17.6. The molecule has 3 fully saturated rings. The van der Waals surface area contributed by atoms with E-state index in [1.54, 1.807) is 0 Å². The molecule has 1 aromatic carbocycles. The van der Waals surface area contributed by atoms with Gasteiger partial charge in [-0.2, -0.15) is 0 Å². The third-order valence-corrected chi connectivity index (χ3v) is 13.5. The molecule has 262 valence electrons. The second kappa shape index (κ2) is 15.2. The Bertz CT molecular complexity index is 1240. The molecule has 5 nitrogen and oxygen atoms in total. The van der Waals surface area contributed by atoms with Gasteiger partial charge in [0.05, 0.1) is 6.04 Å². The Morgan fingerprint density at radius 1 is 0.936 bits per heavy atom. The van der Waals surface area contributed by atoms with Crippen LogP contribution in [-0.4, -0.2) is 30.1 Å². The van der Waals surface area contributed by atoms with E-state index in [0.717, 1.165) is 60.3 Å². The lowest BCUT2D eigenvalue weighted by Gasteiger charge is -2.58. The fraction of sp³-hybridized carbons (Fsp3) is 0.762. The maximum Gasteiger partial charge on any atom is 0.328 e. The number of hydrogen-bond donors (Lipinski definition) is 2. The first-order valence-corrected chi connectivity index (χ1v) is 19.3. The molecule has 4 aliphatic rings. The van der Waals surface area contributed by atoms with Gasteiger partial charge < -0.3 is 15.8 Å². The van der Waals surface area contributed by atoms with Crippen LogP contribution < -0.4 is 11.1 Å². The molecule has 0 spiro atoms. The van der Waals surface area contributed by atoms with Crippen molar-refractivity contribution in [2.75, 3.05) is 0 Å². The number of benzene rings is 1. The van der Waals surface area contributed by atoms with Gasteiger partial charge in [-0.1, -0.05) is 110 Å². The minimum Gasteiger partial charge on any atom is -0.461 e. The summed E-state index contributed by atoms with van der Waals surface area (Å²) in [6, 6.07) is 8.39. The number of nitrogens with one attached hydrogen (secondary N) is 1. The highest BCUT2D eigenvalue weighted by atomic mass is 16.5. The van der Waals surface area contributed by atoms with Gasteiger partial charge in [-0.25, -0.2) is 4.79 Å². The summed E-state index contributed by atoms with van der Waals surface area (Å²) in [5, 5.41) is 2.96. The molecule has 0 aromatic heterocycles. The number of esters is 1. The maximum absolute atomic E-state index is 13.6. The Morgan fingerprint density at radius 2 is 1.68 bits per heavy atom. The second-order valence-electron chi connectivity index (χ2n) is 17.6. The van der Waals surface area contributed by atoms with Crippen LogP contribution in [0.2, 0.25) is 0 Å². The summed E-state index contributed by atoms with van der Waals surface area (Å²) in [6.45, 7) is 16.6. The molecule has 10 atom stereocenters. The van der Waals surface area contributed by atoms with Crippen LogP contribution in [0.25, 0.3) is 0 Å². The molecule has 3 N–H and O–H groups in total. The topological polar surface area (TPSA) is 81.4 Å². The van der Waals surface area contributed by atoms with Crippen molar-refractivity contribution in [1.82, 2.24) is 5.32 Å². The van der Waals surface area contributed by atoms with Crippen LogP contribution >= 0.6 is 0 Å². The SMILES string of the molecule is CC(C)CCC[C@@H](C)[C@H]1CC[C@H]2[C@@H]3CC=C4C[C@@H](OC(=O)[C@@H](CC(C)C)NC(=O)[C@@H](N)Cc5ccccc5)CC[C@]4(C)[C@H]3CC[C@]12C. The van der Waals surface area contributed by atoms with Crippen LogP contribution in [0.3, 0.4) is 0 Å². The summed E-state index contributed by atoms with van der Waals surface area (Å²) in [6.07, 6.45) is 17.1. The summed E-state index contributed by atoms with van der Waals surface area (Å²) in [4.78, 5) is 26.7. The van der Waals surface area contributed by atoms with Crippen LogP contribution in [0.1, 0.15) is 131 Å². The zero-order valence-corrected chi connectivity index (χ0v) is 30.7. The average molecular weight is 647 g/mol. The van der Waals surface area contributed by atoms with E-state index in [1.165, 1.54) is 56.9 Å². The van der Waals surface area contributed by atoms with Crippen molar-refractivity contribution in [2.45, 2.75) is 150 Å². The number of ether oxygens (including phenoxy) is 1. The minimum atomic E-state index is -0.712. The van der Waals surface area contributed by atoms with E-state index in [9.17, 15) is 9.59 Å². The Labute approximate surface area is 286 Å². The summed E-state index contributed by atoms with van der Waals surface area (Å²) >= 11 is 0. The number of rotatable bonds is 13. The van der Waals surface area contributed by atoms with Gasteiger partial charge in [0.1, 0.15) is 12.1 Å². The van der Waals surface area contributed by atoms with E-state index in [2.05, 4.69) is 59.9 Å². The highest BCUT2D eigenvalue weighted by Gasteiger charge is 2.59. The molecule has 0 unspecified atom stereocenters. The molecular formula is C42H66N2O3. The first-order valence-electron chi connectivity index (χ1n) is 19.3. The summed E-state index contributed by atoms with van der Waals surface area (Å²) < 4.78 is 6.22. The molecule has 4 aliphatic carbocycles. The number of carbonyl (C=O) groups is 2. The molecule has 5 heteroatoms. The normalized spacial score (nSPS) is 33.7. The van der Waals surface area contributed by atoms with E-state index in [1.807, 2.05) is 30.3 Å². The van der Waals surface area contributed by atoms with Gasteiger partial charge in [-0.05, 0) is 116 Å². The summed E-state index contributed by atoms with van der Waals surface area (Å²) in [5.41, 5.74) is 9.51. The standard InChI is InChI=1S/C42H66N2O3/c1-27(2)12-11-13-29(5)34-18-19-35-33-17-16-31-26-32(20-22-41(31,6)36(33)21-23-42(34,35)7)47-40(46)38(24-28(3)4)44-39(45)37(43)25-30-14-9-8-10-15-30/h8-10,14-16,27-29,32-38H,11-13,17-26,43H2,1-7H3,(H,44,45)/t29-,32+,33+,34-,35+,36+,37+,38-,41+,42-/m1/s1. The predicted molar refractivity (Wildman–Crippen MR) is 192 cm³/mol. The smallest absolute Gasteiger partial charge is 0.328 e. The number of carbonyl (C=O) groups excluding carboxylic acids is 2. The highest BCUT2D eigenvalue weighted by Crippen LogP contribution is 2.67. The minimum absolute atomic E-state index is 0.126. The maximum atomic E-state index is 13.6. The van der Waals surface area contributed by atoms with Crippen molar-refractivity contribution in [3.63, 3.8) is 0 Å². The van der Waals surface area contributed by atoms with E-state index >= 15 is 0 Å². The van der Waals surface area contributed by atoms with Crippen molar-refractivity contribution in [3.8, 4) is 0 Å². The van der Waals surface area contributed by atoms with E-state index in [0.29, 0.717) is 18.3 Å². The largest absolute Gasteiger partial charge is 0.461 e.